The number of rotatable bonds is 3. The van der Waals surface area contributed by atoms with Gasteiger partial charge in [-0.25, -0.2) is 4.98 Å². The Hall–Kier alpha value is -1.65. The van der Waals surface area contributed by atoms with E-state index in [9.17, 15) is 0 Å². The molecule has 4 heteroatoms. The first-order valence-corrected chi connectivity index (χ1v) is 7.23. The van der Waals surface area contributed by atoms with Gasteiger partial charge in [0.25, 0.3) is 0 Å². The molecule has 3 rings (SSSR count). The van der Waals surface area contributed by atoms with Gasteiger partial charge in [0.2, 0.25) is 0 Å². The van der Waals surface area contributed by atoms with Crippen molar-refractivity contribution in [3.8, 4) is 11.3 Å². The summed E-state index contributed by atoms with van der Waals surface area (Å²) in [5.74, 6) is 0.547. The van der Waals surface area contributed by atoms with E-state index in [4.69, 9.17) is 5.11 Å². The molecule has 1 N–H and O–H groups in total. The summed E-state index contributed by atoms with van der Waals surface area (Å²) in [6.07, 6.45) is 1.90. The summed E-state index contributed by atoms with van der Waals surface area (Å²) in [4.78, 5) is 5.28. The fourth-order valence-electron chi connectivity index (χ4n) is 2.15. The first-order valence-electron chi connectivity index (χ1n) is 6.35. The number of aromatic nitrogens is 2. The second kappa shape index (κ2) is 4.79. The average Bonchev–Trinajstić information content (AvgIpc) is 2.98. The van der Waals surface area contributed by atoms with Crippen molar-refractivity contribution in [2.45, 2.75) is 26.4 Å². The van der Waals surface area contributed by atoms with E-state index in [0.717, 1.165) is 10.7 Å². The Balaban J connectivity index is 2.05. The molecular weight excluding hydrogens is 256 g/mol. The number of aliphatic hydroxyl groups excluding tert-OH is 1. The van der Waals surface area contributed by atoms with Crippen LogP contribution in [-0.2, 0) is 6.61 Å². The second-order valence-corrected chi connectivity index (χ2v) is 5.78. The van der Waals surface area contributed by atoms with E-state index in [0.29, 0.717) is 11.6 Å². The Bertz CT molecular complexity index is 695. The number of hydrogen-bond donors (Lipinski definition) is 1. The van der Waals surface area contributed by atoms with E-state index in [1.807, 2.05) is 10.6 Å². The van der Waals surface area contributed by atoms with E-state index in [-0.39, 0.29) is 6.61 Å². The molecule has 0 aliphatic carbocycles. The SMILES string of the molecule is CC(C)c1ccc(-c2csc3nc(CO)cn23)cc1. The Labute approximate surface area is 116 Å². The van der Waals surface area contributed by atoms with Crippen molar-refractivity contribution in [2.24, 2.45) is 0 Å². The quantitative estimate of drug-likeness (QED) is 0.789. The van der Waals surface area contributed by atoms with Crippen molar-refractivity contribution >= 4 is 16.3 Å². The molecule has 0 amide bonds. The minimum Gasteiger partial charge on any atom is -0.390 e. The lowest BCUT2D eigenvalue weighted by Crippen LogP contribution is -1.88. The van der Waals surface area contributed by atoms with Gasteiger partial charge in [0.1, 0.15) is 0 Å². The number of nitrogens with zero attached hydrogens (tertiary/aromatic N) is 2. The first kappa shape index (κ1) is 12.4. The van der Waals surface area contributed by atoms with E-state index in [1.165, 1.54) is 11.1 Å². The Kier molecular flexibility index (Phi) is 3.12. The molecule has 2 aromatic heterocycles. The number of thiazole rings is 1. The fourth-order valence-corrected chi connectivity index (χ4v) is 3.05. The molecule has 0 aliphatic rings. The maximum Gasteiger partial charge on any atom is 0.194 e. The van der Waals surface area contributed by atoms with Gasteiger partial charge in [0, 0.05) is 11.6 Å². The standard InChI is InChI=1S/C15H16N2OS/c1-10(2)11-3-5-12(6-4-11)14-9-19-15-16-13(8-18)7-17(14)15/h3-7,9-10,18H,8H2,1-2H3. The third kappa shape index (κ3) is 2.17. The smallest absolute Gasteiger partial charge is 0.194 e. The molecule has 19 heavy (non-hydrogen) atoms. The molecule has 0 spiro atoms. The number of aliphatic hydroxyl groups is 1. The van der Waals surface area contributed by atoms with Crippen LogP contribution in [0.3, 0.4) is 0 Å². The van der Waals surface area contributed by atoms with Crippen molar-refractivity contribution in [3.05, 3.63) is 47.1 Å². The zero-order valence-corrected chi connectivity index (χ0v) is 11.8. The minimum absolute atomic E-state index is 0.0138. The van der Waals surface area contributed by atoms with Crippen LogP contribution < -0.4 is 0 Å². The van der Waals surface area contributed by atoms with Gasteiger partial charge < -0.3 is 5.11 Å². The molecule has 98 valence electrons. The summed E-state index contributed by atoms with van der Waals surface area (Å²) >= 11 is 1.60. The molecule has 3 aromatic rings. The minimum atomic E-state index is -0.0138. The van der Waals surface area contributed by atoms with Gasteiger partial charge in [-0.05, 0) is 17.0 Å². The van der Waals surface area contributed by atoms with Gasteiger partial charge in [-0.2, -0.15) is 0 Å². The molecule has 0 saturated carbocycles. The van der Waals surface area contributed by atoms with Gasteiger partial charge in [-0.3, -0.25) is 4.40 Å². The van der Waals surface area contributed by atoms with Gasteiger partial charge >= 0.3 is 0 Å². The van der Waals surface area contributed by atoms with Gasteiger partial charge in [0.15, 0.2) is 4.96 Å². The summed E-state index contributed by atoms with van der Waals surface area (Å²) in [6, 6.07) is 8.64. The zero-order valence-electron chi connectivity index (χ0n) is 11.0. The zero-order chi connectivity index (χ0) is 13.4. The molecule has 0 fully saturated rings. The van der Waals surface area contributed by atoms with Crippen molar-refractivity contribution in [1.82, 2.24) is 9.38 Å². The molecule has 1 aromatic carbocycles. The molecular formula is C15H16N2OS. The summed E-state index contributed by atoms with van der Waals surface area (Å²) < 4.78 is 2.04. The van der Waals surface area contributed by atoms with Crippen molar-refractivity contribution in [2.75, 3.05) is 0 Å². The van der Waals surface area contributed by atoms with Crippen molar-refractivity contribution in [1.29, 1.82) is 0 Å². The van der Waals surface area contributed by atoms with E-state index in [1.54, 1.807) is 11.3 Å². The third-order valence-electron chi connectivity index (χ3n) is 3.29. The Morgan fingerprint density at radius 3 is 2.63 bits per heavy atom. The fraction of sp³-hybridized carbons (Fsp3) is 0.267. The van der Waals surface area contributed by atoms with Crippen LogP contribution in [-0.4, -0.2) is 14.5 Å². The maximum atomic E-state index is 9.14. The van der Waals surface area contributed by atoms with Crippen LogP contribution in [0.5, 0.6) is 0 Å². The highest BCUT2D eigenvalue weighted by atomic mass is 32.1. The molecule has 2 heterocycles. The molecule has 0 bridgehead atoms. The van der Waals surface area contributed by atoms with Crippen LogP contribution in [0, 0.1) is 0 Å². The van der Waals surface area contributed by atoms with E-state index >= 15 is 0 Å². The van der Waals surface area contributed by atoms with E-state index < -0.39 is 0 Å². The maximum absolute atomic E-state index is 9.14. The topological polar surface area (TPSA) is 37.5 Å². The molecule has 0 saturated heterocycles. The lowest BCUT2D eigenvalue weighted by Gasteiger charge is -2.06. The van der Waals surface area contributed by atoms with Crippen LogP contribution >= 0.6 is 11.3 Å². The highest BCUT2D eigenvalue weighted by molar-refractivity contribution is 7.15. The number of fused-ring (bicyclic) bond motifs is 1. The third-order valence-corrected chi connectivity index (χ3v) is 4.13. The van der Waals surface area contributed by atoms with Crippen LogP contribution in [0.1, 0.15) is 31.0 Å². The lowest BCUT2D eigenvalue weighted by molar-refractivity contribution is 0.277. The van der Waals surface area contributed by atoms with Gasteiger partial charge in [-0.1, -0.05) is 38.1 Å². The number of benzene rings is 1. The van der Waals surface area contributed by atoms with Crippen LogP contribution in [0.2, 0.25) is 0 Å². The van der Waals surface area contributed by atoms with Crippen molar-refractivity contribution < 1.29 is 5.11 Å². The highest BCUT2D eigenvalue weighted by Gasteiger charge is 2.09. The summed E-state index contributed by atoms with van der Waals surface area (Å²) in [6.45, 7) is 4.38. The normalized spacial score (nSPS) is 11.6. The summed E-state index contributed by atoms with van der Waals surface area (Å²) in [5, 5.41) is 11.2. The summed E-state index contributed by atoms with van der Waals surface area (Å²) in [5.41, 5.74) is 4.36. The summed E-state index contributed by atoms with van der Waals surface area (Å²) in [7, 11) is 0. The molecule has 0 aliphatic heterocycles. The van der Waals surface area contributed by atoms with Crippen LogP contribution in [0.4, 0.5) is 0 Å². The van der Waals surface area contributed by atoms with Gasteiger partial charge in [0.05, 0.1) is 18.0 Å². The highest BCUT2D eigenvalue weighted by Crippen LogP contribution is 2.27. The Morgan fingerprint density at radius 1 is 1.26 bits per heavy atom. The Morgan fingerprint density at radius 2 is 2.00 bits per heavy atom. The number of hydrogen-bond acceptors (Lipinski definition) is 3. The van der Waals surface area contributed by atoms with Gasteiger partial charge in [-0.15, -0.1) is 11.3 Å². The van der Waals surface area contributed by atoms with Crippen molar-refractivity contribution in [3.63, 3.8) is 0 Å². The van der Waals surface area contributed by atoms with Crippen LogP contribution in [0.25, 0.3) is 16.2 Å². The molecule has 0 unspecified atom stereocenters. The predicted octanol–water partition coefficient (Wildman–Crippen LogP) is 3.68. The molecule has 0 atom stereocenters. The molecule has 0 radical (unpaired) electrons. The predicted molar refractivity (Wildman–Crippen MR) is 78.5 cm³/mol. The van der Waals surface area contributed by atoms with E-state index in [2.05, 4.69) is 48.5 Å². The first-order chi connectivity index (χ1) is 9.19. The average molecular weight is 272 g/mol. The number of imidazole rings is 1. The lowest BCUT2D eigenvalue weighted by atomic mass is 10.0. The largest absolute Gasteiger partial charge is 0.390 e. The monoisotopic (exact) mass is 272 g/mol. The second-order valence-electron chi connectivity index (χ2n) is 4.94. The molecule has 3 nitrogen and oxygen atoms in total. The van der Waals surface area contributed by atoms with Crippen LogP contribution in [0.15, 0.2) is 35.8 Å².